The Morgan fingerprint density at radius 1 is 1.27 bits per heavy atom. The normalized spacial score (nSPS) is 19.0. The van der Waals surface area contributed by atoms with Gasteiger partial charge in [-0.05, 0) is 30.7 Å². The van der Waals surface area contributed by atoms with Gasteiger partial charge in [0.15, 0.2) is 0 Å². The number of carbonyl (C=O) groups excluding carboxylic acids is 1. The van der Waals surface area contributed by atoms with Crippen LogP contribution in [0.15, 0.2) is 41.2 Å². The molecule has 1 fully saturated rings. The number of halogens is 2. The Balaban J connectivity index is 1.72. The van der Waals surface area contributed by atoms with Crippen molar-refractivity contribution < 1.29 is 18.0 Å². The molecule has 1 aromatic heterocycles. The van der Waals surface area contributed by atoms with Crippen molar-refractivity contribution in [2.45, 2.75) is 11.7 Å². The highest BCUT2D eigenvalue weighted by Crippen LogP contribution is 2.36. The summed E-state index contributed by atoms with van der Waals surface area (Å²) in [6.45, 7) is 1.10. The summed E-state index contributed by atoms with van der Waals surface area (Å²) in [5, 5.41) is -0.141. The SMILES string of the molecule is O=C(c1ccoc1)N1CCSC(c2cc(F)ccc2F)CC1. The van der Waals surface area contributed by atoms with Gasteiger partial charge in [0, 0.05) is 29.7 Å². The van der Waals surface area contributed by atoms with Crippen LogP contribution in [0.2, 0.25) is 0 Å². The van der Waals surface area contributed by atoms with Gasteiger partial charge >= 0.3 is 0 Å². The van der Waals surface area contributed by atoms with Gasteiger partial charge in [0.2, 0.25) is 0 Å². The number of amides is 1. The second-order valence-electron chi connectivity index (χ2n) is 5.12. The molecule has 0 N–H and O–H groups in total. The van der Waals surface area contributed by atoms with Crippen LogP contribution >= 0.6 is 11.8 Å². The van der Waals surface area contributed by atoms with Crippen LogP contribution in [0.25, 0.3) is 0 Å². The Bertz CT molecular complexity index is 660. The van der Waals surface area contributed by atoms with Gasteiger partial charge in [0.1, 0.15) is 17.9 Å². The van der Waals surface area contributed by atoms with Crippen LogP contribution in [0.1, 0.15) is 27.6 Å². The van der Waals surface area contributed by atoms with Crippen LogP contribution < -0.4 is 0 Å². The van der Waals surface area contributed by atoms with E-state index in [1.807, 2.05) is 0 Å². The highest BCUT2D eigenvalue weighted by Gasteiger charge is 2.25. The predicted octanol–water partition coefficient (Wildman–Crippen LogP) is 3.88. The molecular formula is C16H15F2NO2S. The molecule has 2 aromatic rings. The lowest BCUT2D eigenvalue weighted by Gasteiger charge is -2.19. The van der Waals surface area contributed by atoms with Crippen molar-refractivity contribution in [3.05, 3.63) is 59.6 Å². The number of thioether (sulfide) groups is 1. The summed E-state index contributed by atoms with van der Waals surface area (Å²) >= 11 is 1.55. The van der Waals surface area contributed by atoms with E-state index in [1.54, 1.807) is 22.7 Å². The minimum absolute atomic E-state index is 0.0882. The lowest BCUT2D eigenvalue weighted by molar-refractivity contribution is 0.0766. The van der Waals surface area contributed by atoms with E-state index >= 15 is 0 Å². The molecule has 6 heteroatoms. The Hall–Kier alpha value is -1.82. The molecule has 22 heavy (non-hydrogen) atoms. The molecule has 0 radical (unpaired) electrons. The molecule has 3 nitrogen and oxygen atoms in total. The van der Waals surface area contributed by atoms with Crippen molar-refractivity contribution in [3.63, 3.8) is 0 Å². The highest BCUT2D eigenvalue weighted by molar-refractivity contribution is 7.99. The van der Waals surface area contributed by atoms with Crippen molar-refractivity contribution in [2.24, 2.45) is 0 Å². The van der Waals surface area contributed by atoms with E-state index in [1.165, 1.54) is 18.6 Å². The fraction of sp³-hybridized carbons (Fsp3) is 0.312. The average Bonchev–Trinajstić information content (AvgIpc) is 2.94. The van der Waals surface area contributed by atoms with E-state index in [4.69, 9.17) is 4.42 Å². The summed E-state index contributed by atoms with van der Waals surface area (Å²) in [5.41, 5.74) is 0.892. The van der Waals surface area contributed by atoms with Gasteiger partial charge in [-0.2, -0.15) is 11.8 Å². The zero-order valence-corrected chi connectivity index (χ0v) is 12.6. The van der Waals surface area contributed by atoms with E-state index in [9.17, 15) is 13.6 Å². The van der Waals surface area contributed by atoms with E-state index in [2.05, 4.69) is 0 Å². The number of hydrogen-bond donors (Lipinski definition) is 0. The van der Waals surface area contributed by atoms with Gasteiger partial charge in [-0.15, -0.1) is 0 Å². The lowest BCUT2D eigenvalue weighted by Crippen LogP contribution is -2.32. The zero-order valence-electron chi connectivity index (χ0n) is 11.8. The summed E-state index contributed by atoms with van der Waals surface area (Å²) in [7, 11) is 0. The third kappa shape index (κ3) is 3.16. The third-order valence-electron chi connectivity index (χ3n) is 3.70. The smallest absolute Gasteiger partial charge is 0.257 e. The first kappa shape index (κ1) is 15.1. The van der Waals surface area contributed by atoms with Crippen LogP contribution in [0.5, 0.6) is 0 Å². The molecule has 0 aliphatic carbocycles. The van der Waals surface area contributed by atoms with Crippen molar-refractivity contribution >= 4 is 17.7 Å². The van der Waals surface area contributed by atoms with E-state index in [0.29, 0.717) is 36.4 Å². The minimum Gasteiger partial charge on any atom is -0.472 e. The average molecular weight is 323 g/mol. The first-order valence-electron chi connectivity index (χ1n) is 7.03. The molecule has 1 aliphatic rings. The number of carbonyl (C=O) groups is 1. The molecule has 1 amide bonds. The van der Waals surface area contributed by atoms with Gasteiger partial charge in [-0.1, -0.05) is 0 Å². The molecule has 1 saturated heterocycles. The summed E-state index contributed by atoms with van der Waals surface area (Å²) in [6.07, 6.45) is 3.48. The lowest BCUT2D eigenvalue weighted by atomic mass is 10.1. The second-order valence-corrected chi connectivity index (χ2v) is 6.43. The van der Waals surface area contributed by atoms with Gasteiger partial charge in [-0.3, -0.25) is 4.79 Å². The fourth-order valence-electron chi connectivity index (χ4n) is 2.55. The van der Waals surface area contributed by atoms with Gasteiger partial charge in [0.05, 0.1) is 11.8 Å². The van der Waals surface area contributed by atoms with Crippen LogP contribution in [0.4, 0.5) is 8.78 Å². The minimum atomic E-state index is -0.437. The molecule has 3 rings (SSSR count). The molecule has 1 unspecified atom stereocenters. The monoisotopic (exact) mass is 323 g/mol. The van der Waals surface area contributed by atoms with Crippen molar-refractivity contribution in [2.75, 3.05) is 18.8 Å². The third-order valence-corrected chi connectivity index (χ3v) is 5.01. The maximum Gasteiger partial charge on any atom is 0.257 e. The first-order chi connectivity index (χ1) is 10.6. The molecule has 0 spiro atoms. The fourth-order valence-corrected chi connectivity index (χ4v) is 3.79. The summed E-state index contributed by atoms with van der Waals surface area (Å²) in [5.74, 6) is -0.236. The summed E-state index contributed by atoms with van der Waals surface area (Å²) in [6, 6.07) is 5.16. The Labute approximate surface area is 131 Å². The second kappa shape index (κ2) is 6.52. The zero-order chi connectivity index (χ0) is 15.5. The maximum absolute atomic E-state index is 13.9. The van der Waals surface area contributed by atoms with Crippen LogP contribution in [-0.4, -0.2) is 29.6 Å². The van der Waals surface area contributed by atoms with Gasteiger partial charge in [-0.25, -0.2) is 8.78 Å². The number of furan rings is 1. The van der Waals surface area contributed by atoms with Gasteiger partial charge in [0.25, 0.3) is 5.91 Å². The molecule has 1 aliphatic heterocycles. The van der Waals surface area contributed by atoms with Crippen LogP contribution in [0, 0.1) is 11.6 Å². The molecule has 0 saturated carbocycles. The van der Waals surface area contributed by atoms with E-state index in [-0.39, 0.29) is 11.2 Å². The molecule has 0 bridgehead atoms. The maximum atomic E-state index is 13.9. The van der Waals surface area contributed by atoms with Crippen LogP contribution in [-0.2, 0) is 0 Å². The van der Waals surface area contributed by atoms with Crippen molar-refractivity contribution in [1.29, 1.82) is 0 Å². The number of hydrogen-bond acceptors (Lipinski definition) is 3. The Morgan fingerprint density at radius 3 is 2.91 bits per heavy atom. The molecular weight excluding hydrogens is 308 g/mol. The quantitative estimate of drug-likeness (QED) is 0.841. The predicted molar refractivity (Wildman–Crippen MR) is 80.8 cm³/mol. The topological polar surface area (TPSA) is 33.5 Å². The largest absolute Gasteiger partial charge is 0.472 e. The van der Waals surface area contributed by atoms with E-state index < -0.39 is 11.6 Å². The van der Waals surface area contributed by atoms with Crippen LogP contribution in [0.3, 0.4) is 0 Å². The molecule has 2 heterocycles. The number of nitrogens with zero attached hydrogens (tertiary/aromatic N) is 1. The van der Waals surface area contributed by atoms with Gasteiger partial charge < -0.3 is 9.32 Å². The van der Waals surface area contributed by atoms with Crippen molar-refractivity contribution in [1.82, 2.24) is 4.90 Å². The molecule has 1 atom stereocenters. The van der Waals surface area contributed by atoms with E-state index in [0.717, 1.165) is 12.1 Å². The Morgan fingerprint density at radius 2 is 2.14 bits per heavy atom. The summed E-state index contributed by atoms with van der Waals surface area (Å²) < 4.78 is 32.2. The molecule has 116 valence electrons. The Kier molecular flexibility index (Phi) is 4.47. The summed E-state index contributed by atoms with van der Waals surface area (Å²) in [4.78, 5) is 14.0. The number of benzene rings is 1. The number of rotatable bonds is 2. The first-order valence-corrected chi connectivity index (χ1v) is 8.08. The standard InChI is InChI=1S/C16H15F2NO2S/c17-12-1-2-14(18)13(9-12)15-3-5-19(6-8-22-15)16(20)11-4-7-21-10-11/h1-2,4,7,9-10,15H,3,5-6,8H2. The van der Waals surface area contributed by atoms with Crippen molar-refractivity contribution in [3.8, 4) is 0 Å². The molecule has 1 aromatic carbocycles. The highest BCUT2D eigenvalue weighted by atomic mass is 32.2.